The molecule has 0 saturated carbocycles. The van der Waals surface area contributed by atoms with Gasteiger partial charge in [-0.3, -0.25) is 0 Å². The molecule has 0 amide bonds. The fraction of sp³-hybridized carbons (Fsp3) is 0.300. The van der Waals surface area contributed by atoms with Gasteiger partial charge in [0.1, 0.15) is 17.2 Å². The highest BCUT2D eigenvalue weighted by Crippen LogP contribution is 2.33. The van der Waals surface area contributed by atoms with Crippen molar-refractivity contribution in [3.63, 3.8) is 0 Å². The Hall–Kier alpha value is -2.64. The van der Waals surface area contributed by atoms with Crippen molar-refractivity contribution in [1.29, 1.82) is 0 Å². The lowest BCUT2D eigenvalue weighted by molar-refractivity contribution is 0.117. The van der Waals surface area contributed by atoms with Gasteiger partial charge in [-0.25, -0.2) is 0 Å². The zero-order chi connectivity index (χ0) is 17.6. The Labute approximate surface area is 143 Å². The van der Waals surface area contributed by atoms with Gasteiger partial charge in [-0.05, 0) is 38.1 Å². The van der Waals surface area contributed by atoms with E-state index in [0.717, 1.165) is 0 Å². The van der Waals surface area contributed by atoms with Crippen LogP contribution in [0.15, 0.2) is 42.5 Å². The summed E-state index contributed by atoms with van der Waals surface area (Å²) in [4.78, 5) is 0. The van der Waals surface area contributed by atoms with Crippen LogP contribution in [0.5, 0.6) is 17.2 Å². The summed E-state index contributed by atoms with van der Waals surface area (Å²) in [5.74, 6) is 7.78. The van der Waals surface area contributed by atoms with Crippen LogP contribution in [0.2, 0.25) is 0 Å². The van der Waals surface area contributed by atoms with Crippen LogP contribution in [-0.4, -0.2) is 25.9 Å². The fourth-order valence-electron chi connectivity index (χ4n) is 2.31. The molecule has 126 valence electrons. The van der Waals surface area contributed by atoms with Crippen molar-refractivity contribution in [1.82, 2.24) is 0 Å². The molecule has 0 aliphatic heterocycles. The molecular weight excluding hydrogens is 304 g/mol. The second kappa shape index (κ2) is 7.76. The van der Waals surface area contributed by atoms with Crippen molar-refractivity contribution in [2.24, 2.45) is 0 Å². The van der Waals surface area contributed by atoms with Gasteiger partial charge in [0.05, 0.1) is 26.4 Å². The van der Waals surface area contributed by atoms with Gasteiger partial charge in [-0.15, -0.1) is 0 Å². The first-order chi connectivity index (χ1) is 11.5. The molecule has 4 heteroatoms. The second-order valence-electron chi connectivity index (χ2n) is 5.32. The molecule has 2 rings (SSSR count). The summed E-state index contributed by atoms with van der Waals surface area (Å²) >= 11 is 0. The van der Waals surface area contributed by atoms with Crippen LogP contribution in [0.3, 0.4) is 0 Å². The van der Waals surface area contributed by atoms with Crippen LogP contribution < -0.4 is 14.2 Å². The second-order valence-corrected chi connectivity index (χ2v) is 5.32. The smallest absolute Gasteiger partial charge is 0.152 e. The lowest BCUT2D eigenvalue weighted by Crippen LogP contribution is -2.20. The Morgan fingerprint density at radius 3 is 2.46 bits per heavy atom. The number of para-hydroxylation sites is 1. The normalized spacial score (nSPS) is 12.5. The van der Waals surface area contributed by atoms with Crippen molar-refractivity contribution < 1.29 is 19.3 Å². The molecule has 1 unspecified atom stereocenters. The fourth-order valence-corrected chi connectivity index (χ4v) is 2.31. The topological polar surface area (TPSA) is 47.9 Å². The Balaban J connectivity index is 2.42. The molecule has 24 heavy (non-hydrogen) atoms. The highest BCUT2D eigenvalue weighted by molar-refractivity contribution is 5.51. The zero-order valence-electron chi connectivity index (χ0n) is 14.4. The first-order valence-corrected chi connectivity index (χ1v) is 7.71. The summed E-state index contributed by atoms with van der Waals surface area (Å²) in [7, 11) is 3.18. The minimum Gasteiger partial charge on any atom is -0.497 e. The maximum absolute atomic E-state index is 10.8. The summed E-state index contributed by atoms with van der Waals surface area (Å²) in [6.45, 7) is 4.01. The third-order valence-corrected chi connectivity index (χ3v) is 3.56. The van der Waals surface area contributed by atoms with Crippen molar-refractivity contribution >= 4 is 0 Å². The molecule has 0 saturated heterocycles. The molecule has 0 radical (unpaired) electrons. The lowest BCUT2D eigenvalue weighted by atomic mass is 9.95. The van der Waals surface area contributed by atoms with E-state index in [-0.39, 0.29) is 0 Å². The molecule has 0 heterocycles. The van der Waals surface area contributed by atoms with Gasteiger partial charge in [0.2, 0.25) is 0 Å². The van der Waals surface area contributed by atoms with Gasteiger partial charge in [-0.2, -0.15) is 0 Å². The van der Waals surface area contributed by atoms with Crippen LogP contribution in [0.4, 0.5) is 0 Å². The predicted molar refractivity (Wildman–Crippen MR) is 93.6 cm³/mol. The average Bonchev–Trinajstić information content (AvgIpc) is 2.60. The number of hydrogen-bond donors (Lipinski definition) is 1. The highest BCUT2D eigenvalue weighted by Gasteiger charge is 2.25. The van der Waals surface area contributed by atoms with E-state index >= 15 is 0 Å². The third-order valence-electron chi connectivity index (χ3n) is 3.56. The van der Waals surface area contributed by atoms with Crippen LogP contribution in [0.25, 0.3) is 0 Å². The highest BCUT2D eigenvalue weighted by atomic mass is 16.5. The average molecular weight is 326 g/mol. The van der Waals surface area contributed by atoms with Crippen LogP contribution >= 0.6 is 0 Å². The quantitative estimate of drug-likeness (QED) is 0.856. The Kier molecular flexibility index (Phi) is 5.73. The summed E-state index contributed by atoms with van der Waals surface area (Å²) in [5, 5.41) is 10.8. The van der Waals surface area contributed by atoms with E-state index in [1.165, 1.54) is 0 Å². The third kappa shape index (κ3) is 4.01. The molecular formula is C20H22O4. The first-order valence-electron chi connectivity index (χ1n) is 7.71. The van der Waals surface area contributed by atoms with Crippen LogP contribution in [0, 0.1) is 11.8 Å². The van der Waals surface area contributed by atoms with Crippen LogP contribution in [0.1, 0.15) is 25.0 Å². The minimum absolute atomic E-state index is 0.482. The van der Waals surface area contributed by atoms with E-state index in [2.05, 4.69) is 11.8 Å². The molecule has 0 fully saturated rings. The number of aliphatic hydroxyl groups is 1. The van der Waals surface area contributed by atoms with E-state index < -0.39 is 5.60 Å². The van der Waals surface area contributed by atoms with E-state index in [0.29, 0.717) is 35.0 Å². The van der Waals surface area contributed by atoms with Crippen molar-refractivity contribution in [3.8, 4) is 29.1 Å². The Bertz CT molecular complexity index is 754. The first kappa shape index (κ1) is 17.7. The molecule has 2 aromatic rings. The Morgan fingerprint density at radius 1 is 1.04 bits per heavy atom. The molecule has 0 bridgehead atoms. The minimum atomic E-state index is -1.38. The zero-order valence-corrected chi connectivity index (χ0v) is 14.4. The van der Waals surface area contributed by atoms with Gasteiger partial charge in [-0.1, -0.05) is 24.0 Å². The van der Waals surface area contributed by atoms with Crippen molar-refractivity contribution in [3.05, 3.63) is 53.6 Å². The van der Waals surface area contributed by atoms with Gasteiger partial charge in [0.25, 0.3) is 0 Å². The van der Waals surface area contributed by atoms with Gasteiger partial charge < -0.3 is 19.3 Å². The number of benzene rings is 2. The summed E-state index contributed by atoms with van der Waals surface area (Å²) < 4.78 is 16.1. The van der Waals surface area contributed by atoms with Crippen LogP contribution in [-0.2, 0) is 5.60 Å². The molecule has 0 aliphatic carbocycles. The van der Waals surface area contributed by atoms with E-state index in [9.17, 15) is 5.11 Å². The monoisotopic (exact) mass is 326 g/mol. The van der Waals surface area contributed by atoms with Gasteiger partial charge in [0, 0.05) is 11.6 Å². The van der Waals surface area contributed by atoms with E-state index in [4.69, 9.17) is 14.2 Å². The summed E-state index contributed by atoms with van der Waals surface area (Å²) in [6, 6.07) is 12.7. The van der Waals surface area contributed by atoms with Crippen molar-refractivity contribution in [2.45, 2.75) is 19.4 Å². The molecule has 1 atom stereocenters. The largest absolute Gasteiger partial charge is 0.497 e. The molecule has 0 aliphatic rings. The molecule has 0 spiro atoms. The number of ether oxygens (including phenoxy) is 3. The molecule has 1 N–H and O–H groups in total. The number of hydrogen-bond acceptors (Lipinski definition) is 4. The van der Waals surface area contributed by atoms with Crippen molar-refractivity contribution in [2.75, 3.05) is 20.8 Å². The summed E-state index contributed by atoms with van der Waals surface area (Å²) in [6.07, 6.45) is 0. The molecule has 2 aromatic carbocycles. The SMILES string of the molecule is CCOc1cc(OC)ccc1C(C)(O)C#Cc1ccccc1OC. The number of rotatable bonds is 5. The predicted octanol–water partition coefficient (Wildman–Crippen LogP) is 3.36. The molecule has 4 nitrogen and oxygen atoms in total. The summed E-state index contributed by atoms with van der Waals surface area (Å²) in [5.41, 5.74) is -0.0725. The van der Waals surface area contributed by atoms with E-state index in [1.807, 2.05) is 31.2 Å². The maximum atomic E-state index is 10.8. The maximum Gasteiger partial charge on any atom is 0.152 e. The lowest BCUT2D eigenvalue weighted by Gasteiger charge is -2.21. The van der Waals surface area contributed by atoms with E-state index in [1.54, 1.807) is 39.3 Å². The van der Waals surface area contributed by atoms with Gasteiger partial charge in [0.15, 0.2) is 5.60 Å². The Morgan fingerprint density at radius 2 is 1.79 bits per heavy atom. The molecule has 0 aromatic heterocycles. The van der Waals surface area contributed by atoms with Gasteiger partial charge >= 0.3 is 0 Å². The number of methoxy groups -OCH3 is 2. The standard InChI is InChI=1S/C20H22O4/c1-5-24-19-14-16(22-3)10-11-17(19)20(2,21)13-12-15-8-6-7-9-18(15)23-4/h6-11,14,21H,5H2,1-4H3.